The monoisotopic (exact) mass is 224 g/mol. The smallest absolute Gasteiger partial charge is 0.133 e. The van der Waals surface area contributed by atoms with Gasteiger partial charge in [-0.2, -0.15) is 5.26 Å². The molecule has 0 bridgehead atoms. The van der Waals surface area contributed by atoms with Crippen molar-refractivity contribution in [3.05, 3.63) is 0 Å². The molecule has 0 aromatic carbocycles. The molecule has 0 radical (unpaired) electrons. The Morgan fingerprint density at radius 2 is 2.19 bits per heavy atom. The highest BCUT2D eigenvalue weighted by Gasteiger charge is 2.46. The molecule has 1 saturated carbocycles. The Labute approximate surface area is 99.2 Å². The molecule has 0 aliphatic heterocycles. The molecule has 1 rings (SSSR count). The van der Waals surface area contributed by atoms with Gasteiger partial charge in [-0.05, 0) is 39.0 Å². The third-order valence-corrected chi connectivity index (χ3v) is 2.99. The van der Waals surface area contributed by atoms with Gasteiger partial charge in [-0.3, -0.25) is 5.32 Å². The summed E-state index contributed by atoms with van der Waals surface area (Å²) in [6, 6.07) is 2.78. The summed E-state index contributed by atoms with van der Waals surface area (Å²) in [4.78, 5) is 0. The quantitative estimate of drug-likeness (QED) is 0.644. The molecule has 1 fully saturated rings. The summed E-state index contributed by atoms with van der Waals surface area (Å²) in [5.41, 5.74) is -0.443. The number of nitrogens with one attached hydrogen (secondary N) is 1. The van der Waals surface area contributed by atoms with Crippen LogP contribution < -0.4 is 5.32 Å². The van der Waals surface area contributed by atoms with Crippen LogP contribution in [-0.2, 0) is 4.74 Å². The van der Waals surface area contributed by atoms with Gasteiger partial charge in [-0.25, -0.2) is 0 Å². The van der Waals surface area contributed by atoms with E-state index in [9.17, 15) is 5.26 Å². The molecule has 0 aromatic rings. The topological polar surface area (TPSA) is 45.0 Å². The molecule has 92 valence electrons. The molecular formula is C13H24N2O. The van der Waals surface area contributed by atoms with Crippen LogP contribution in [0.25, 0.3) is 0 Å². The first-order chi connectivity index (χ1) is 7.64. The summed E-state index contributed by atoms with van der Waals surface area (Å²) in [6.07, 6.45) is 4.53. The maximum atomic E-state index is 9.40. The maximum absolute atomic E-state index is 9.40. The molecule has 1 unspecified atom stereocenters. The first kappa shape index (κ1) is 13.5. The maximum Gasteiger partial charge on any atom is 0.133 e. The van der Waals surface area contributed by atoms with Crippen molar-refractivity contribution in [2.75, 3.05) is 13.2 Å². The molecule has 1 atom stereocenters. The molecule has 0 aromatic heterocycles. The molecule has 3 nitrogen and oxygen atoms in total. The van der Waals surface area contributed by atoms with Crippen molar-refractivity contribution in [2.45, 2.75) is 58.0 Å². The minimum atomic E-state index is -0.443. The highest BCUT2D eigenvalue weighted by atomic mass is 16.5. The van der Waals surface area contributed by atoms with E-state index < -0.39 is 5.54 Å². The lowest BCUT2D eigenvalue weighted by Gasteiger charge is -2.30. The van der Waals surface area contributed by atoms with Crippen LogP contribution >= 0.6 is 0 Å². The van der Waals surface area contributed by atoms with Crippen LogP contribution in [-0.4, -0.2) is 24.8 Å². The predicted octanol–water partition coefficient (Wildman–Crippen LogP) is 2.47. The van der Waals surface area contributed by atoms with Crippen LogP contribution in [0, 0.1) is 17.2 Å². The van der Waals surface area contributed by atoms with Gasteiger partial charge >= 0.3 is 0 Å². The van der Waals surface area contributed by atoms with Crippen molar-refractivity contribution in [1.29, 1.82) is 5.26 Å². The summed E-state index contributed by atoms with van der Waals surface area (Å²) in [5.74, 6) is 0.488. The van der Waals surface area contributed by atoms with Crippen molar-refractivity contribution >= 4 is 0 Å². The van der Waals surface area contributed by atoms with Gasteiger partial charge in [0.05, 0.1) is 12.7 Å². The third-order valence-electron chi connectivity index (χ3n) is 2.99. The Bertz CT molecular complexity index is 243. The molecule has 0 saturated heterocycles. The normalized spacial score (nSPS) is 19.4. The first-order valence-electron chi connectivity index (χ1n) is 6.41. The molecule has 1 N–H and O–H groups in total. The second-order valence-corrected chi connectivity index (χ2v) is 5.06. The van der Waals surface area contributed by atoms with Crippen molar-refractivity contribution in [3.8, 4) is 6.07 Å². The van der Waals surface area contributed by atoms with E-state index in [0.717, 1.165) is 32.3 Å². The fraction of sp³-hybridized carbons (Fsp3) is 0.923. The summed E-state index contributed by atoms with van der Waals surface area (Å²) < 4.78 is 5.65. The van der Waals surface area contributed by atoms with Crippen LogP contribution in [0.3, 0.4) is 0 Å². The standard InChI is InChI=1S/C13H24N2O/c1-4-5-8-16-10-13(9-14,12-6-7-12)15-11(2)3/h11-12,15H,4-8,10H2,1-3H3. The second-order valence-electron chi connectivity index (χ2n) is 5.06. The predicted molar refractivity (Wildman–Crippen MR) is 65.1 cm³/mol. The number of unbranched alkanes of at least 4 members (excludes halogenated alkanes) is 1. The van der Waals surface area contributed by atoms with Crippen molar-refractivity contribution in [2.24, 2.45) is 5.92 Å². The molecule has 16 heavy (non-hydrogen) atoms. The molecule has 1 aliphatic carbocycles. The molecule has 0 spiro atoms. The van der Waals surface area contributed by atoms with E-state index in [2.05, 4.69) is 32.2 Å². The Morgan fingerprint density at radius 3 is 2.62 bits per heavy atom. The van der Waals surface area contributed by atoms with Gasteiger partial charge in [0, 0.05) is 12.6 Å². The van der Waals surface area contributed by atoms with Gasteiger partial charge in [0.1, 0.15) is 5.54 Å². The third kappa shape index (κ3) is 3.77. The van der Waals surface area contributed by atoms with Gasteiger partial charge < -0.3 is 4.74 Å². The fourth-order valence-corrected chi connectivity index (χ4v) is 2.00. The minimum absolute atomic E-state index is 0.329. The van der Waals surface area contributed by atoms with Crippen LogP contribution in [0.15, 0.2) is 0 Å². The molecule has 0 heterocycles. The summed E-state index contributed by atoms with van der Waals surface area (Å²) in [6.45, 7) is 7.62. The molecular weight excluding hydrogens is 200 g/mol. The van der Waals surface area contributed by atoms with Crippen molar-refractivity contribution in [3.63, 3.8) is 0 Å². The van der Waals surface area contributed by atoms with Crippen molar-refractivity contribution in [1.82, 2.24) is 5.32 Å². The highest BCUT2D eigenvalue weighted by molar-refractivity contribution is 5.15. The van der Waals surface area contributed by atoms with E-state index in [1.165, 1.54) is 0 Å². The molecule has 3 heteroatoms. The van der Waals surface area contributed by atoms with Crippen molar-refractivity contribution < 1.29 is 4.74 Å². The minimum Gasteiger partial charge on any atom is -0.378 e. The number of hydrogen-bond acceptors (Lipinski definition) is 3. The number of nitrogens with zero attached hydrogens (tertiary/aromatic N) is 1. The lowest BCUT2D eigenvalue weighted by Crippen LogP contribution is -2.53. The van der Waals surface area contributed by atoms with Crippen LogP contribution in [0.1, 0.15) is 46.5 Å². The van der Waals surface area contributed by atoms with E-state index >= 15 is 0 Å². The van der Waals surface area contributed by atoms with Crippen LogP contribution in [0.4, 0.5) is 0 Å². The SMILES string of the molecule is CCCCOCC(C#N)(NC(C)C)C1CC1. The highest BCUT2D eigenvalue weighted by Crippen LogP contribution is 2.40. The lowest BCUT2D eigenvalue weighted by molar-refractivity contribution is 0.0753. The fourth-order valence-electron chi connectivity index (χ4n) is 2.00. The van der Waals surface area contributed by atoms with Gasteiger partial charge in [-0.1, -0.05) is 13.3 Å². The van der Waals surface area contributed by atoms with Gasteiger partial charge in [-0.15, -0.1) is 0 Å². The lowest BCUT2D eigenvalue weighted by atomic mass is 9.95. The number of rotatable bonds is 8. The van der Waals surface area contributed by atoms with E-state index in [4.69, 9.17) is 4.74 Å². The van der Waals surface area contributed by atoms with Gasteiger partial charge in [0.2, 0.25) is 0 Å². The Balaban J connectivity index is 2.46. The average molecular weight is 224 g/mol. The number of hydrogen-bond donors (Lipinski definition) is 1. The Hall–Kier alpha value is -0.590. The molecule has 1 aliphatic rings. The van der Waals surface area contributed by atoms with E-state index in [-0.39, 0.29) is 0 Å². The largest absolute Gasteiger partial charge is 0.378 e. The zero-order chi connectivity index (χ0) is 12.0. The van der Waals surface area contributed by atoms with Gasteiger partial charge in [0.15, 0.2) is 0 Å². The summed E-state index contributed by atoms with van der Waals surface area (Å²) in [5, 5.41) is 12.8. The number of nitriles is 1. The zero-order valence-corrected chi connectivity index (χ0v) is 10.8. The Morgan fingerprint density at radius 1 is 1.50 bits per heavy atom. The summed E-state index contributed by atoms with van der Waals surface area (Å²) >= 11 is 0. The van der Waals surface area contributed by atoms with E-state index in [1.807, 2.05) is 0 Å². The second kappa shape index (κ2) is 6.22. The zero-order valence-electron chi connectivity index (χ0n) is 10.8. The van der Waals surface area contributed by atoms with Crippen LogP contribution in [0.2, 0.25) is 0 Å². The van der Waals surface area contributed by atoms with Crippen LogP contribution in [0.5, 0.6) is 0 Å². The number of ether oxygens (including phenoxy) is 1. The van der Waals surface area contributed by atoms with Gasteiger partial charge in [0.25, 0.3) is 0 Å². The molecule has 0 amide bonds. The Kier molecular flexibility index (Phi) is 5.24. The first-order valence-corrected chi connectivity index (χ1v) is 6.41. The van der Waals surface area contributed by atoms with E-state index in [0.29, 0.717) is 18.6 Å². The summed E-state index contributed by atoms with van der Waals surface area (Å²) in [7, 11) is 0. The average Bonchev–Trinajstić information content (AvgIpc) is 3.06. The van der Waals surface area contributed by atoms with E-state index in [1.54, 1.807) is 0 Å².